The molecule has 0 aromatic heterocycles. The SMILES string of the molecule is C#CCCC(=O)C1CC1CC. The van der Waals surface area contributed by atoms with E-state index in [0.29, 0.717) is 30.5 Å². The molecule has 0 bridgehead atoms. The van der Waals surface area contributed by atoms with Crippen LogP contribution in [0.2, 0.25) is 0 Å². The fourth-order valence-corrected chi connectivity index (χ4v) is 1.47. The maximum Gasteiger partial charge on any atom is 0.137 e. The summed E-state index contributed by atoms with van der Waals surface area (Å²) < 4.78 is 0. The Morgan fingerprint density at radius 3 is 2.91 bits per heavy atom. The Bertz CT molecular complexity index is 188. The maximum absolute atomic E-state index is 11.2. The molecule has 1 rings (SSSR count). The predicted octanol–water partition coefficient (Wildman–Crippen LogP) is 2.01. The van der Waals surface area contributed by atoms with E-state index in [4.69, 9.17) is 6.42 Å². The Morgan fingerprint density at radius 2 is 2.45 bits per heavy atom. The molecule has 1 saturated carbocycles. The smallest absolute Gasteiger partial charge is 0.137 e. The van der Waals surface area contributed by atoms with E-state index in [9.17, 15) is 4.79 Å². The minimum atomic E-state index is 0.369. The monoisotopic (exact) mass is 150 g/mol. The highest BCUT2D eigenvalue weighted by molar-refractivity contribution is 5.83. The van der Waals surface area contributed by atoms with Gasteiger partial charge in [-0.05, 0) is 12.3 Å². The number of rotatable bonds is 4. The van der Waals surface area contributed by atoms with Crippen molar-refractivity contribution < 1.29 is 4.79 Å². The zero-order valence-electron chi connectivity index (χ0n) is 6.97. The molecule has 11 heavy (non-hydrogen) atoms. The Kier molecular flexibility index (Phi) is 2.70. The van der Waals surface area contributed by atoms with Gasteiger partial charge in [0.25, 0.3) is 0 Å². The third-order valence-electron chi connectivity index (χ3n) is 2.38. The molecule has 0 radical (unpaired) electrons. The van der Waals surface area contributed by atoms with Crippen molar-refractivity contribution in [2.45, 2.75) is 32.6 Å². The molecule has 0 amide bonds. The zero-order valence-corrected chi connectivity index (χ0v) is 6.97. The summed E-state index contributed by atoms with van der Waals surface area (Å²) in [6, 6.07) is 0. The van der Waals surface area contributed by atoms with Crippen molar-refractivity contribution in [1.82, 2.24) is 0 Å². The minimum absolute atomic E-state index is 0.369. The number of carbonyl (C=O) groups excluding carboxylic acids is 1. The normalized spacial score (nSPS) is 27.6. The first-order valence-corrected chi connectivity index (χ1v) is 4.25. The lowest BCUT2D eigenvalue weighted by molar-refractivity contribution is -0.120. The zero-order chi connectivity index (χ0) is 8.27. The summed E-state index contributed by atoms with van der Waals surface area (Å²) in [5.74, 6) is 3.93. The lowest BCUT2D eigenvalue weighted by Gasteiger charge is -1.93. The second-order valence-electron chi connectivity index (χ2n) is 3.18. The summed E-state index contributed by atoms with van der Waals surface area (Å²) in [6.45, 7) is 2.14. The van der Waals surface area contributed by atoms with Crippen molar-refractivity contribution in [3.8, 4) is 12.3 Å². The van der Waals surface area contributed by atoms with E-state index in [1.165, 1.54) is 0 Å². The van der Waals surface area contributed by atoms with E-state index in [0.717, 1.165) is 12.8 Å². The Labute approximate surface area is 68.2 Å². The number of hydrogen-bond acceptors (Lipinski definition) is 1. The molecule has 1 aliphatic carbocycles. The van der Waals surface area contributed by atoms with Crippen molar-refractivity contribution >= 4 is 5.78 Å². The van der Waals surface area contributed by atoms with Gasteiger partial charge in [-0.3, -0.25) is 4.79 Å². The van der Waals surface area contributed by atoms with Gasteiger partial charge in [-0.15, -0.1) is 12.3 Å². The topological polar surface area (TPSA) is 17.1 Å². The second-order valence-corrected chi connectivity index (χ2v) is 3.18. The first kappa shape index (κ1) is 8.33. The van der Waals surface area contributed by atoms with E-state index in [2.05, 4.69) is 12.8 Å². The fourth-order valence-electron chi connectivity index (χ4n) is 1.47. The van der Waals surface area contributed by atoms with Crippen LogP contribution in [0.3, 0.4) is 0 Å². The average molecular weight is 150 g/mol. The first-order chi connectivity index (χ1) is 5.29. The standard InChI is InChI=1S/C10H14O/c1-3-5-6-10(11)9-7-8(9)4-2/h1,8-9H,4-7H2,2H3. The Balaban J connectivity index is 2.18. The van der Waals surface area contributed by atoms with Crippen LogP contribution < -0.4 is 0 Å². The van der Waals surface area contributed by atoms with E-state index in [-0.39, 0.29) is 0 Å². The predicted molar refractivity (Wildman–Crippen MR) is 45.0 cm³/mol. The third kappa shape index (κ3) is 2.08. The lowest BCUT2D eigenvalue weighted by atomic mass is 10.1. The van der Waals surface area contributed by atoms with Crippen LogP contribution in [0.15, 0.2) is 0 Å². The van der Waals surface area contributed by atoms with Gasteiger partial charge in [0.05, 0.1) is 0 Å². The summed E-state index contributed by atoms with van der Waals surface area (Å²) in [5, 5.41) is 0. The lowest BCUT2D eigenvalue weighted by Crippen LogP contribution is -2.01. The van der Waals surface area contributed by atoms with Gasteiger partial charge in [0.15, 0.2) is 0 Å². The fraction of sp³-hybridized carbons (Fsp3) is 0.700. The maximum atomic E-state index is 11.2. The molecule has 2 atom stereocenters. The van der Waals surface area contributed by atoms with Gasteiger partial charge in [0.2, 0.25) is 0 Å². The largest absolute Gasteiger partial charge is 0.299 e. The molecule has 0 aromatic carbocycles. The molecule has 2 unspecified atom stereocenters. The van der Waals surface area contributed by atoms with Gasteiger partial charge >= 0.3 is 0 Å². The van der Waals surface area contributed by atoms with Crippen LogP contribution in [0.1, 0.15) is 32.6 Å². The quantitative estimate of drug-likeness (QED) is 0.560. The molecule has 1 aliphatic rings. The molecule has 1 fully saturated rings. The van der Waals surface area contributed by atoms with Gasteiger partial charge in [0.1, 0.15) is 5.78 Å². The van der Waals surface area contributed by atoms with Crippen LogP contribution in [-0.4, -0.2) is 5.78 Å². The van der Waals surface area contributed by atoms with Crippen molar-refractivity contribution in [2.24, 2.45) is 11.8 Å². The van der Waals surface area contributed by atoms with Crippen molar-refractivity contribution in [3.05, 3.63) is 0 Å². The van der Waals surface area contributed by atoms with E-state index in [1.807, 2.05) is 0 Å². The van der Waals surface area contributed by atoms with Crippen LogP contribution in [0.4, 0.5) is 0 Å². The number of ketones is 1. The van der Waals surface area contributed by atoms with Crippen molar-refractivity contribution in [2.75, 3.05) is 0 Å². The molecule has 0 spiro atoms. The summed E-state index contributed by atoms with van der Waals surface area (Å²) in [6.07, 6.45) is 8.53. The van der Waals surface area contributed by atoms with Gasteiger partial charge in [-0.1, -0.05) is 13.3 Å². The molecule has 0 saturated heterocycles. The molecule has 60 valence electrons. The average Bonchev–Trinajstić information content (AvgIpc) is 2.78. The van der Waals surface area contributed by atoms with Crippen LogP contribution in [0.5, 0.6) is 0 Å². The number of hydrogen-bond donors (Lipinski definition) is 0. The van der Waals surface area contributed by atoms with Crippen molar-refractivity contribution in [1.29, 1.82) is 0 Å². The molecule has 1 heteroatoms. The van der Waals surface area contributed by atoms with Gasteiger partial charge in [0, 0.05) is 18.8 Å². The van der Waals surface area contributed by atoms with Crippen LogP contribution >= 0.6 is 0 Å². The highest BCUT2D eigenvalue weighted by Gasteiger charge is 2.40. The Morgan fingerprint density at radius 1 is 1.73 bits per heavy atom. The molecule has 1 nitrogen and oxygen atoms in total. The van der Waals surface area contributed by atoms with E-state index >= 15 is 0 Å². The van der Waals surface area contributed by atoms with Crippen molar-refractivity contribution in [3.63, 3.8) is 0 Å². The van der Waals surface area contributed by atoms with Crippen LogP contribution in [0, 0.1) is 24.2 Å². The third-order valence-corrected chi connectivity index (χ3v) is 2.38. The molecular weight excluding hydrogens is 136 g/mol. The van der Waals surface area contributed by atoms with E-state index in [1.54, 1.807) is 0 Å². The summed E-state index contributed by atoms with van der Waals surface area (Å²) in [7, 11) is 0. The molecule has 0 aliphatic heterocycles. The van der Waals surface area contributed by atoms with E-state index < -0.39 is 0 Å². The summed E-state index contributed by atoms with van der Waals surface area (Å²) >= 11 is 0. The molecular formula is C10H14O. The minimum Gasteiger partial charge on any atom is -0.299 e. The van der Waals surface area contributed by atoms with Gasteiger partial charge in [-0.2, -0.15) is 0 Å². The first-order valence-electron chi connectivity index (χ1n) is 4.25. The molecule has 0 N–H and O–H groups in total. The highest BCUT2D eigenvalue weighted by Crippen LogP contribution is 2.42. The number of terminal acetylenes is 1. The second kappa shape index (κ2) is 3.57. The molecule has 0 heterocycles. The number of Topliss-reactive ketones (excluding diaryl/α,β-unsaturated/α-hetero) is 1. The van der Waals surface area contributed by atoms with Gasteiger partial charge < -0.3 is 0 Å². The summed E-state index contributed by atoms with van der Waals surface area (Å²) in [5.41, 5.74) is 0. The van der Waals surface area contributed by atoms with Crippen LogP contribution in [-0.2, 0) is 4.79 Å². The highest BCUT2D eigenvalue weighted by atomic mass is 16.1. The summed E-state index contributed by atoms with van der Waals surface area (Å²) in [4.78, 5) is 11.2. The molecule has 0 aromatic rings. The van der Waals surface area contributed by atoms with Crippen LogP contribution in [0.25, 0.3) is 0 Å². The van der Waals surface area contributed by atoms with Gasteiger partial charge in [-0.25, -0.2) is 0 Å². The Hall–Kier alpha value is -0.770. The number of carbonyl (C=O) groups is 1.